The standard InChI is InChI=1S/C16H18N2O2.ClH/c1-12-16(19)14(8-7-13-5-3-2-4-6-13)15-11-20-10-9-18(15)17-12;/h2-6,9-12,14,17H,7-8H2,1H3;1H. The molecule has 0 radical (unpaired) electrons. The van der Waals surface area contributed by atoms with E-state index in [0.29, 0.717) is 0 Å². The lowest BCUT2D eigenvalue weighted by atomic mass is 9.88. The van der Waals surface area contributed by atoms with Gasteiger partial charge in [0.05, 0.1) is 23.9 Å². The Morgan fingerprint density at radius 1 is 1.29 bits per heavy atom. The van der Waals surface area contributed by atoms with E-state index < -0.39 is 0 Å². The van der Waals surface area contributed by atoms with Crippen LogP contribution in [0.3, 0.4) is 0 Å². The number of carbonyl (C=O) groups is 1. The highest BCUT2D eigenvalue weighted by molar-refractivity contribution is 5.89. The zero-order valence-corrected chi connectivity index (χ0v) is 12.7. The Labute approximate surface area is 130 Å². The van der Waals surface area contributed by atoms with Crippen LogP contribution < -0.4 is 5.43 Å². The Hall–Kier alpha value is -1.78. The van der Waals surface area contributed by atoms with Crippen LogP contribution in [0.1, 0.15) is 18.9 Å². The monoisotopic (exact) mass is 306 g/mol. The number of fused-ring (bicyclic) bond motifs is 1. The summed E-state index contributed by atoms with van der Waals surface area (Å²) < 4.78 is 5.23. The molecule has 2 aliphatic heterocycles. The van der Waals surface area contributed by atoms with Crippen molar-refractivity contribution in [2.75, 3.05) is 0 Å². The Morgan fingerprint density at radius 3 is 2.81 bits per heavy atom. The highest BCUT2D eigenvalue weighted by atomic mass is 35.5. The van der Waals surface area contributed by atoms with Crippen molar-refractivity contribution in [1.82, 2.24) is 10.4 Å². The first-order chi connectivity index (χ1) is 9.75. The van der Waals surface area contributed by atoms with E-state index in [4.69, 9.17) is 4.74 Å². The number of ether oxygens (including phenoxy) is 1. The number of hydrogen-bond donors (Lipinski definition) is 1. The Balaban J connectivity index is 0.00000161. The van der Waals surface area contributed by atoms with Gasteiger partial charge in [-0.25, -0.2) is 5.43 Å². The zero-order chi connectivity index (χ0) is 13.9. The lowest BCUT2D eigenvalue weighted by Crippen LogP contribution is -2.54. The number of hydrogen-bond acceptors (Lipinski definition) is 4. The molecule has 0 amide bonds. The number of hydrazine groups is 1. The van der Waals surface area contributed by atoms with E-state index >= 15 is 0 Å². The van der Waals surface area contributed by atoms with Gasteiger partial charge >= 0.3 is 0 Å². The number of aryl methyl sites for hydroxylation is 1. The van der Waals surface area contributed by atoms with E-state index in [9.17, 15) is 4.79 Å². The van der Waals surface area contributed by atoms with Gasteiger partial charge in [0.15, 0.2) is 5.78 Å². The minimum Gasteiger partial charge on any atom is -0.469 e. The fraction of sp³-hybridized carbons (Fsp3) is 0.312. The maximum Gasteiger partial charge on any atom is 0.160 e. The van der Waals surface area contributed by atoms with Crippen molar-refractivity contribution in [3.05, 3.63) is 60.3 Å². The van der Waals surface area contributed by atoms with E-state index in [-0.39, 0.29) is 30.2 Å². The summed E-state index contributed by atoms with van der Waals surface area (Å²) in [6.45, 7) is 1.90. The average molecular weight is 307 g/mol. The first-order valence-corrected chi connectivity index (χ1v) is 6.91. The molecule has 0 aromatic heterocycles. The van der Waals surface area contributed by atoms with Gasteiger partial charge in [0.2, 0.25) is 0 Å². The Bertz CT molecular complexity index is 557. The lowest BCUT2D eigenvalue weighted by Gasteiger charge is -2.38. The zero-order valence-electron chi connectivity index (χ0n) is 11.9. The second-order valence-corrected chi connectivity index (χ2v) is 5.16. The summed E-state index contributed by atoms with van der Waals surface area (Å²) in [5, 5.41) is 1.89. The fourth-order valence-electron chi connectivity index (χ4n) is 2.68. The lowest BCUT2D eigenvalue weighted by molar-refractivity contribution is -0.127. The maximum absolute atomic E-state index is 12.4. The number of halogens is 1. The van der Waals surface area contributed by atoms with Crippen molar-refractivity contribution in [2.45, 2.75) is 25.8 Å². The highest BCUT2D eigenvalue weighted by Crippen LogP contribution is 2.28. The van der Waals surface area contributed by atoms with Crippen molar-refractivity contribution >= 4 is 18.2 Å². The number of nitrogens with zero attached hydrogens (tertiary/aromatic N) is 1. The van der Waals surface area contributed by atoms with Crippen LogP contribution in [0.2, 0.25) is 0 Å². The molecule has 0 saturated carbocycles. The van der Waals surface area contributed by atoms with Crippen molar-refractivity contribution < 1.29 is 9.53 Å². The van der Waals surface area contributed by atoms with Crippen molar-refractivity contribution in [3.8, 4) is 0 Å². The number of benzene rings is 1. The van der Waals surface area contributed by atoms with Crippen LogP contribution >= 0.6 is 12.4 Å². The molecule has 5 heteroatoms. The number of rotatable bonds is 3. The minimum atomic E-state index is -0.171. The highest BCUT2D eigenvalue weighted by Gasteiger charge is 2.36. The quantitative estimate of drug-likeness (QED) is 0.932. The van der Waals surface area contributed by atoms with Crippen molar-refractivity contribution in [2.24, 2.45) is 5.92 Å². The second kappa shape index (κ2) is 6.78. The molecule has 21 heavy (non-hydrogen) atoms. The minimum absolute atomic E-state index is 0. The molecule has 2 aliphatic rings. The number of allylic oxidation sites excluding steroid dienone is 1. The van der Waals surface area contributed by atoms with Crippen LogP contribution in [0.15, 0.2) is 54.8 Å². The van der Waals surface area contributed by atoms with Gasteiger partial charge in [0.1, 0.15) is 12.5 Å². The molecule has 2 heterocycles. The third kappa shape index (κ3) is 3.28. The van der Waals surface area contributed by atoms with Gasteiger partial charge in [-0.05, 0) is 25.3 Å². The molecular formula is C16H19ClN2O2. The molecule has 0 bridgehead atoms. The number of nitrogens with one attached hydrogen (secondary N) is 1. The average Bonchev–Trinajstić information content (AvgIpc) is 2.49. The molecule has 1 N–H and O–H groups in total. The van der Waals surface area contributed by atoms with Gasteiger partial charge in [-0.2, -0.15) is 0 Å². The smallest absolute Gasteiger partial charge is 0.160 e. The van der Waals surface area contributed by atoms with E-state index in [1.54, 1.807) is 12.5 Å². The molecule has 112 valence electrons. The molecule has 1 saturated heterocycles. The van der Waals surface area contributed by atoms with Gasteiger partial charge in [-0.15, -0.1) is 12.4 Å². The predicted molar refractivity (Wildman–Crippen MR) is 83.3 cm³/mol. The molecule has 1 aromatic rings. The second-order valence-electron chi connectivity index (χ2n) is 5.16. The summed E-state index contributed by atoms with van der Waals surface area (Å²) in [4.78, 5) is 12.4. The normalized spacial score (nSPS) is 23.8. The Morgan fingerprint density at radius 2 is 2.05 bits per heavy atom. The third-order valence-electron chi connectivity index (χ3n) is 3.78. The Kier molecular flexibility index (Phi) is 5.04. The summed E-state index contributed by atoms with van der Waals surface area (Å²) >= 11 is 0. The molecule has 0 aliphatic carbocycles. The van der Waals surface area contributed by atoms with Crippen LogP contribution in [0, 0.1) is 5.92 Å². The first-order valence-electron chi connectivity index (χ1n) is 6.91. The number of carbonyl (C=O) groups excluding carboxylic acids is 1. The van der Waals surface area contributed by atoms with Gasteiger partial charge in [-0.3, -0.25) is 9.80 Å². The van der Waals surface area contributed by atoms with Crippen molar-refractivity contribution in [1.29, 1.82) is 0 Å². The van der Waals surface area contributed by atoms with Crippen molar-refractivity contribution in [3.63, 3.8) is 0 Å². The van der Waals surface area contributed by atoms with E-state index in [0.717, 1.165) is 18.5 Å². The molecule has 3 rings (SSSR count). The summed E-state index contributed by atoms with van der Waals surface area (Å²) in [7, 11) is 0. The summed E-state index contributed by atoms with van der Waals surface area (Å²) in [6, 6.07) is 10.1. The van der Waals surface area contributed by atoms with Crippen LogP contribution in [0.5, 0.6) is 0 Å². The SMILES string of the molecule is CC1NN2C=COC=C2C(CCc2ccccc2)C1=O.Cl. The predicted octanol–water partition coefficient (Wildman–Crippen LogP) is 2.78. The molecule has 1 aromatic carbocycles. The van der Waals surface area contributed by atoms with Crippen LogP contribution in [0.25, 0.3) is 0 Å². The fourth-order valence-corrected chi connectivity index (χ4v) is 2.68. The van der Waals surface area contributed by atoms with Crippen LogP contribution in [0.4, 0.5) is 0 Å². The topological polar surface area (TPSA) is 41.6 Å². The molecule has 2 unspecified atom stereocenters. The van der Waals surface area contributed by atoms with Gasteiger partial charge < -0.3 is 4.74 Å². The molecule has 0 spiro atoms. The number of ketones is 1. The van der Waals surface area contributed by atoms with E-state index in [1.165, 1.54) is 5.56 Å². The van der Waals surface area contributed by atoms with Gasteiger partial charge in [0, 0.05) is 0 Å². The van der Waals surface area contributed by atoms with Crippen LogP contribution in [-0.4, -0.2) is 16.8 Å². The molecular weight excluding hydrogens is 288 g/mol. The molecule has 4 nitrogen and oxygen atoms in total. The summed E-state index contributed by atoms with van der Waals surface area (Å²) in [6.07, 6.45) is 6.76. The van der Waals surface area contributed by atoms with Gasteiger partial charge in [0.25, 0.3) is 0 Å². The molecule has 2 atom stereocenters. The molecule has 1 fully saturated rings. The summed E-state index contributed by atoms with van der Waals surface area (Å²) in [5.74, 6) is 0.110. The largest absolute Gasteiger partial charge is 0.469 e. The maximum atomic E-state index is 12.4. The van der Waals surface area contributed by atoms with E-state index in [2.05, 4.69) is 17.6 Å². The van der Waals surface area contributed by atoms with Gasteiger partial charge in [-0.1, -0.05) is 30.3 Å². The van der Waals surface area contributed by atoms with Crippen LogP contribution in [-0.2, 0) is 16.0 Å². The summed E-state index contributed by atoms with van der Waals surface area (Å²) in [5.41, 5.74) is 5.30. The number of Topliss-reactive ketones (excluding diaryl/α,β-unsaturated/α-hetero) is 1. The first kappa shape index (κ1) is 15.6. The van der Waals surface area contributed by atoms with E-state index in [1.807, 2.05) is 36.3 Å². The third-order valence-corrected chi connectivity index (χ3v) is 3.78.